The smallest absolute Gasteiger partial charge is 0.317 e. The van der Waals surface area contributed by atoms with Gasteiger partial charge in [0.05, 0.1) is 0 Å². The number of rotatable bonds is 4. The van der Waals surface area contributed by atoms with Crippen LogP contribution in [0.15, 0.2) is 0 Å². The van der Waals surface area contributed by atoms with Gasteiger partial charge in [0.2, 0.25) is 0 Å². The van der Waals surface area contributed by atoms with Crippen LogP contribution in [0, 0.1) is 0 Å². The second-order valence-corrected chi connectivity index (χ2v) is 4.16. The number of carbonyl (C=O) groups is 1. The Balaban J connectivity index is 2.31. The predicted molar refractivity (Wildman–Crippen MR) is 65.4 cm³/mol. The number of amides is 2. The number of hydrogen-bond donors (Lipinski definition) is 2. The van der Waals surface area contributed by atoms with Gasteiger partial charge in [0.15, 0.2) is 0 Å². The molecular weight excluding hydrogens is 204 g/mol. The van der Waals surface area contributed by atoms with Crippen LogP contribution in [0.2, 0.25) is 0 Å². The molecule has 5 nitrogen and oxygen atoms in total. The number of carbonyl (C=O) groups excluding carboxylic acids is 1. The molecule has 1 fully saturated rings. The quantitative estimate of drug-likeness (QED) is 0.716. The molecule has 1 aliphatic rings. The van der Waals surface area contributed by atoms with Crippen molar-refractivity contribution in [3.8, 4) is 0 Å². The highest BCUT2D eigenvalue weighted by atomic mass is 16.2. The average molecular weight is 228 g/mol. The molecule has 0 bridgehead atoms. The molecule has 1 heterocycles. The van der Waals surface area contributed by atoms with Gasteiger partial charge >= 0.3 is 6.03 Å². The first-order chi connectivity index (χ1) is 7.77. The second kappa shape index (κ2) is 7.46. The Morgan fingerprint density at radius 2 is 2.12 bits per heavy atom. The van der Waals surface area contributed by atoms with Crippen molar-refractivity contribution in [3.05, 3.63) is 0 Å². The Kier molecular flexibility index (Phi) is 6.18. The van der Waals surface area contributed by atoms with Crippen LogP contribution in [-0.2, 0) is 0 Å². The lowest BCUT2D eigenvalue weighted by molar-refractivity contribution is 0.198. The minimum absolute atomic E-state index is 0.0724. The van der Waals surface area contributed by atoms with Crippen molar-refractivity contribution in [2.75, 3.05) is 45.8 Å². The molecule has 0 aliphatic carbocycles. The molecule has 0 aromatic carbocycles. The van der Waals surface area contributed by atoms with Crippen LogP contribution in [-0.4, -0.2) is 61.6 Å². The first kappa shape index (κ1) is 13.3. The summed E-state index contributed by atoms with van der Waals surface area (Å²) in [6.45, 7) is 8.19. The zero-order valence-corrected chi connectivity index (χ0v) is 10.2. The first-order valence-corrected chi connectivity index (χ1v) is 6.23. The maximum atomic E-state index is 11.6. The average Bonchev–Trinajstić information content (AvgIpc) is 2.52. The molecule has 0 unspecified atom stereocenters. The number of hydrogen-bond acceptors (Lipinski definition) is 3. The number of nitrogens with zero attached hydrogens (tertiary/aromatic N) is 2. The van der Waals surface area contributed by atoms with Crippen LogP contribution in [0.5, 0.6) is 0 Å². The molecule has 1 rings (SSSR count). The van der Waals surface area contributed by atoms with E-state index in [-0.39, 0.29) is 6.03 Å². The highest BCUT2D eigenvalue weighted by Gasteiger charge is 2.17. The molecular formula is C11H24N4O. The molecule has 0 aromatic heterocycles. The maximum absolute atomic E-state index is 11.6. The summed E-state index contributed by atoms with van der Waals surface area (Å²) in [4.78, 5) is 16.0. The van der Waals surface area contributed by atoms with Gasteiger partial charge in [0.25, 0.3) is 0 Å². The van der Waals surface area contributed by atoms with Gasteiger partial charge in [-0.25, -0.2) is 4.79 Å². The fraction of sp³-hybridized carbons (Fsp3) is 0.909. The lowest BCUT2D eigenvalue weighted by atomic mass is 10.3. The van der Waals surface area contributed by atoms with Crippen molar-refractivity contribution in [1.29, 1.82) is 0 Å². The standard InChI is InChI=1S/C11H24N4O/c1-2-13-11(16)15-8-4-7-14(9-10-15)6-3-5-12/h2-10,12H2,1H3,(H,13,16). The van der Waals surface area contributed by atoms with Crippen molar-refractivity contribution in [1.82, 2.24) is 15.1 Å². The van der Waals surface area contributed by atoms with E-state index in [2.05, 4.69) is 10.2 Å². The fourth-order valence-electron chi connectivity index (χ4n) is 1.98. The summed E-state index contributed by atoms with van der Waals surface area (Å²) in [5, 5.41) is 2.85. The summed E-state index contributed by atoms with van der Waals surface area (Å²) in [5.41, 5.74) is 5.50. The maximum Gasteiger partial charge on any atom is 0.317 e. The third-order valence-corrected chi connectivity index (χ3v) is 2.88. The third kappa shape index (κ3) is 4.37. The minimum atomic E-state index is 0.0724. The van der Waals surface area contributed by atoms with Crippen LogP contribution in [0.1, 0.15) is 19.8 Å². The van der Waals surface area contributed by atoms with Gasteiger partial charge in [0.1, 0.15) is 0 Å². The fourth-order valence-corrected chi connectivity index (χ4v) is 1.98. The minimum Gasteiger partial charge on any atom is -0.338 e. The molecule has 94 valence electrons. The summed E-state index contributed by atoms with van der Waals surface area (Å²) < 4.78 is 0. The van der Waals surface area contributed by atoms with E-state index in [0.717, 1.165) is 52.1 Å². The van der Waals surface area contributed by atoms with Gasteiger partial charge in [-0.3, -0.25) is 0 Å². The van der Waals surface area contributed by atoms with Gasteiger partial charge in [-0.1, -0.05) is 0 Å². The summed E-state index contributed by atoms with van der Waals surface area (Å²) >= 11 is 0. The predicted octanol–water partition coefficient (Wildman–Crippen LogP) is 0.0724. The van der Waals surface area contributed by atoms with E-state index in [1.165, 1.54) is 0 Å². The lowest BCUT2D eigenvalue weighted by Gasteiger charge is -2.21. The molecule has 16 heavy (non-hydrogen) atoms. The van der Waals surface area contributed by atoms with Gasteiger partial charge in [0, 0.05) is 26.2 Å². The normalized spacial score (nSPS) is 18.2. The van der Waals surface area contributed by atoms with Gasteiger partial charge in [-0.15, -0.1) is 0 Å². The molecule has 0 spiro atoms. The van der Waals surface area contributed by atoms with E-state index in [1.807, 2.05) is 11.8 Å². The highest BCUT2D eigenvalue weighted by molar-refractivity contribution is 5.74. The largest absolute Gasteiger partial charge is 0.338 e. The second-order valence-electron chi connectivity index (χ2n) is 4.16. The van der Waals surface area contributed by atoms with E-state index in [0.29, 0.717) is 6.54 Å². The Labute approximate surface area is 98.0 Å². The van der Waals surface area contributed by atoms with E-state index < -0.39 is 0 Å². The molecule has 0 radical (unpaired) electrons. The van der Waals surface area contributed by atoms with Gasteiger partial charge < -0.3 is 20.9 Å². The van der Waals surface area contributed by atoms with Crippen LogP contribution in [0.25, 0.3) is 0 Å². The van der Waals surface area contributed by atoms with Crippen LogP contribution in [0.3, 0.4) is 0 Å². The number of urea groups is 1. The summed E-state index contributed by atoms with van der Waals surface area (Å²) in [6, 6.07) is 0.0724. The van der Waals surface area contributed by atoms with E-state index in [1.54, 1.807) is 0 Å². The molecule has 3 N–H and O–H groups in total. The van der Waals surface area contributed by atoms with Crippen molar-refractivity contribution >= 4 is 6.03 Å². The zero-order valence-electron chi connectivity index (χ0n) is 10.2. The van der Waals surface area contributed by atoms with Crippen LogP contribution in [0.4, 0.5) is 4.79 Å². The Morgan fingerprint density at radius 3 is 2.81 bits per heavy atom. The first-order valence-electron chi connectivity index (χ1n) is 6.23. The van der Waals surface area contributed by atoms with Crippen molar-refractivity contribution < 1.29 is 4.79 Å². The molecule has 0 saturated carbocycles. The monoisotopic (exact) mass is 228 g/mol. The Bertz CT molecular complexity index is 210. The van der Waals surface area contributed by atoms with Gasteiger partial charge in [-0.2, -0.15) is 0 Å². The number of nitrogens with two attached hydrogens (primary N) is 1. The molecule has 0 atom stereocenters. The number of nitrogens with one attached hydrogen (secondary N) is 1. The molecule has 1 aliphatic heterocycles. The van der Waals surface area contributed by atoms with E-state index in [9.17, 15) is 4.79 Å². The molecule has 5 heteroatoms. The Morgan fingerprint density at radius 1 is 1.31 bits per heavy atom. The third-order valence-electron chi connectivity index (χ3n) is 2.88. The summed E-state index contributed by atoms with van der Waals surface area (Å²) in [6.07, 6.45) is 2.10. The molecule has 1 saturated heterocycles. The van der Waals surface area contributed by atoms with E-state index in [4.69, 9.17) is 5.73 Å². The zero-order chi connectivity index (χ0) is 11.8. The SMILES string of the molecule is CCNC(=O)N1CCCN(CCCN)CC1. The molecule has 0 aromatic rings. The summed E-state index contributed by atoms with van der Waals surface area (Å²) in [7, 11) is 0. The van der Waals surface area contributed by atoms with Crippen molar-refractivity contribution in [2.24, 2.45) is 5.73 Å². The van der Waals surface area contributed by atoms with Crippen LogP contribution < -0.4 is 11.1 Å². The highest BCUT2D eigenvalue weighted by Crippen LogP contribution is 2.03. The van der Waals surface area contributed by atoms with Crippen LogP contribution >= 0.6 is 0 Å². The van der Waals surface area contributed by atoms with Gasteiger partial charge in [-0.05, 0) is 39.4 Å². The van der Waals surface area contributed by atoms with E-state index >= 15 is 0 Å². The van der Waals surface area contributed by atoms with Crippen molar-refractivity contribution in [2.45, 2.75) is 19.8 Å². The lowest BCUT2D eigenvalue weighted by Crippen LogP contribution is -2.42. The molecule has 2 amide bonds. The summed E-state index contributed by atoms with van der Waals surface area (Å²) in [5.74, 6) is 0. The van der Waals surface area contributed by atoms with Crippen molar-refractivity contribution in [3.63, 3.8) is 0 Å². The Hall–Kier alpha value is -0.810. The topological polar surface area (TPSA) is 61.6 Å².